The summed E-state index contributed by atoms with van der Waals surface area (Å²) in [5.74, 6) is 2.40. The second-order valence-corrected chi connectivity index (χ2v) is 7.23. The molecule has 1 aliphatic heterocycles. The van der Waals surface area contributed by atoms with E-state index in [1.165, 1.54) is 0 Å². The second kappa shape index (κ2) is 5.32. The van der Waals surface area contributed by atoms with Crippen molar-refractivity contribution < 1.29 is 8.42 Å². The number of rotatable bonds is 3. The minimum absolute atomic E-state index is 0.140. The van der Waals surface area contributed by atoms with Crippen molar-refractivity contribution in [1.82, 2.24) is 9.97 Å². The van der Waals surface area contributed by atoms with Crippen molar-refractivity contribution >= 4 is 21.5 Å². The van der Waals surface area contributed by atoms with Crippen molar-refractivity contribution in [2.24, 2.45) is 0 Å². The third kappa shape index (κ3) is 3.34. The molecule has 3 N–H and O–H groups in total. The molecule has 1 aromatic rings. The smallest absolute Gasteiger partial charge is 0.150 e. The summed E-state index contributed by atoms with van der Waals surface area (Å²) < 4.78 is 22.8. The van der Waals surface area contributed by atoms with Crippen molar-refractivity contribution in [2.45, 2.75) is 39.2 Å². The Morgan fingerprint density at radius 3 is 2.53 bits per heavy atom. The van der Waals surface area contributed by atoms with Crippen LogP contribution < -0.4 is 11.1 Å². The molecule has 106 valence electrons. The minimum atomic E-state index is -2.84. The number of nitrogens with two attached hydrogens (primary N) is 1. The normalized spacial score (nSPS) is 19.3. The number of aromatic nitrogens is 2. The van der Waals surface area contributed by atoms with Gasteiger partial charge in [-0.3, -0.25) is 0 Å². The van der Waals surface area contributed by atoms with Crippen molar-refractivity contribution in [3.05, 3.63) is 11.4 Å². The maximum atomic E-state index is 11.4. The fourth-order valence-corrected chi connectivity index (χ4v) is 3.60. The summed E-state index contributed by atoms with van der Waals surface area (Å²) >= 11 is 0. The van der Waals surface area contributed by atoms with Gasteiger partial charge in [-0.2, -0.15) is 0 Å². The van der Waals surface area contributed by atoms with E-state index in [2.05, 4.69) is 15.3 Å². The zero-order valence-electron chi connectivity index (χ0n) is 11.3. The first-order valence-corrected chi connectivity index (χ1v) is 8.33. The molecule has 6 nitrogen and oxygen atoms in total. The Kier molecular flexibility index (Phi) is 3.93. The van der Waals surface area contributed by atoms with Gasteiger partial charge < -0.3 is 11.1 Å². The molecule has 2 heterocycles. The summed E-state index contributed by atoms with van der Waals surface area (Å²) in [7, 11) is -2.84. The Bertz CT molecular complexity index is 557. The highest BCUT2D eigenvalue weighted by molar-refractivity contribution is 7.91. The third-order valence-electron chi connectivity index (χ3n) is 3.44. The van der Waals surface area contributed by atoms with E-state index in [1.807, 2.05) is 13.8 Å². The fraction of sp³-hybridized carbons (Fsp3) is 0.667. The lowest BCUT2D eigenvalue weighted by atomic mass is 10.1. The highest BCUT2D eigenvalue weighted by atomic mass is 32.2. The van der Waals surface area contributed by atoms with Crippen LogP contribution in [0.3, 0.4) is 0 Å². The Balaban J connectivity index is 2.13. The summed E-state index contributed by atoms with van der Waals surface area (Å²) in [5.41, 5.74) is 6.68. The van der Waals surface area contributed by atoms with Gasteiger partial charge in [0.2, 0.25) is 0 Å². The Labute approximate surface area is 113 Å². The number of hydrogen-bond acceptors (Lipinski definition) is 6. The number of nitrogens with zero attached hydrogens (tertiary/aromatic N) is 2. The van der Waals surface area contributed by atoms with Crippen LogP contribution in [0.5, 0.6) is 0 Å². The summed E-state index contributed by atoms with van der Waals surface area (Å²) in [6, 6.07) is 0.140. The van der Waals surface area contributed by atoms with E-state index in [0.29, 0.717) is 24.5 Å². The molecule has 0 saturated carbocycles. The van der Waals surface area contributed by atoms with Gasteiger partial charge >= 0.3 is 0 Å². The topological polar surface area (TPSA) is 98.0 Å². The molecule has 1 aromatic heterocycles. The van der Waals surface area contributed by atoms with Crippen molar-refractivity contribution in [3.63, 3.8) is 0 Å². The Morgan fingerprint density at radius 2 is 1.95 bits per heavy atom. The molecule has 0 aliphatic carbocycles. The number of sulfone groups is 1. The van der Waals surface area contributed by atoms with Gasteiger partial charge in [-0.25, -0.2) is 18.4 Å². The van der Waals surface area contributed by atoms with Crippen LogP contribution in [-0.4, -0.2) is 35.9 Å². The molecule has 0 spiro atoms. The first-order valence-electron chi connectivity index (χ1n) is 6.51. The maximum Gasteiger partial charge on any atom is 0.150 e. The van der Waals surface area contributed by atoms with E-state index >= 15 is 0 Å². The molecule has 0 atom stereocenters. The molecule has 1 fully saturated rings. The van der Waals surface area contributed by atoms with Crippen LogP contribution in [0.1, 0.15) is 31.2 Å². The average Bonchev–Trinajstić information content (AvgIpc) is 2.37. The first-order chi connectivity index (χ1) is 8.91. The largest absolute Gasteiger partial charge is 0.383 e. The third-order valence-corrected chi connectivity index (χ3v) is 5.16. The lowest BCUT2D eigenvalue weighted by Crippen LogP contribution is -2.32. The van der Waals surface area contributed by atoms with Gasteiger partial charge in [0, 0.05) is 18.0 Å². The highest BCUT2D eigenvalue weighted by Gasteiger charge is 2.24. The zero-order chi connectivity index (χ0) is 14.0. The molecule has 0 bridgehead atoms. The monoisotopic (exact) mass is 284 g/mol. The second-order valence-electron chi connectivity index (χ2n) is 4.92. The van der Waals surface area contributed by atoms with E-state index in [4.69, 9.17) is 5.73 Å². The molecule has 0 aromatic carbocycles. The quantitative estimate of drug-likeness (QED) is 0.856. The molecule has 2 rings (SSSR count). The van der Waals surface area contributed by atoms with Crippen molar-refractivity contribution in [3.8, 4) is 0 Å². The molecule has 1 aliphatic rings. The standard InChI is InChI=1S/C12H20N4O2S/c1-3-10-15-11(13)8(2)12(16-10)14-9-4-6-19(17,18)7-5-9/h9H,3-7H2,1-2H3,(H3,13,14,15,16). The summed E-state index contributed by atoms with van der Waals surface area (Å²) in [4.78, 5) is 8.63. The van der Waals surface area contributed by atoms with E-state index in [9.17, 15) is 8.42 Å². The average molecular weight is 284 g/mol. The molecule has 19 heavy (non-hydrogen) atoms. The molecule has 0 unspecified atom stereocenters. The van der Waals surface area contributed by atoms with Crippen LogP contribution >= 0.6 is 0 Å². The highest BCUT2D eigenvalue weighted by Crippen LogP contribution is 2.22. The van der Waals surface area contributed by atoms with Gasteiger partial charge in [-0.15, -0.1) is 0 Å². The molecule has 0 amide bonds. The maximum absolute atomic E-state index is 11.4. The number of hydrogen-bond donors (Lipinski definition) is 2. The van der Waals surface area contributed by atoms with Crippen LogP contribution in [0.25, 0.3) is 0 Å². The van der Waals surface area contributed by atoms with Gasteiger partial charge in [0.05, 0.1) is 11.5 Å². The van der Waals surface area contributed by atoms with Gasteiger partial charge in [-0.1, -0.05) is 6.92 Å². The van der Waals surface area contributed by atoms with Gasteiger partial charge in [0.1, 0.15) is 27.3 Å². The predicted octanol–water partition coefficient (Wildman–Crippen LogP) is 0.919. The molecule has 7 heteroatoms. The number of nitrogens with one attached hydrogen (secondary N) is 1. The van der Waals surface area contributed by atoms with E-state index in [1.54, 1.807) is 0 Å². The van der Waals surface area contributed by atoms with Gasteiger partial charge in [0.25, 0.3) is 0 Å². The summed E-state index contributed by atoms with van der Waals surface area (Å²) in [6.45, 7) is 3.84. The van der Waals surface area contributed by atoms with Crippen molar-refractivity contribution in [1.29, 1.82) is 0 Å². The van der Waals surface area contributed by atoms with Crippen molar-refractivity contribution in [2.75, 3.05) is 22.6 Å². The van der Waals surface area contributed by atoms with E-state index < -0.39 is 9.84 Å². The number of anilines is 2. The lowest BCUT2D eigenvalue weighted by molar-refractivity contribution is 0.558. The van der Waals surface area contributed by atoms with Crippen LogP contribution in [0.2, 0.25) is 0 Å². The first kappa shape index (κ1) is 14.0. The summed E-state index contributed by atoms with van der Waals surface area (Å²) in [6.07, 6.45) is 1.96. The molecular formula is C12H20N4O2S. The molecule has 0 radical (unpaired) electrons. The Morgan fingerprint density at radius 1 is 1.32 bits per heavy atom. The minimum Gasteiger partial charge on any atom is -0.383 e. The van der Waals surface area contributed by atoms with Crippen LogP contribution in [-0.2, 0) is 16.3 Å². The van der Waals surface area contributed by atoms with Gasteiger partial charge in [-0.05, 0) is 19.8 Å². The molecule has 1 saturated heterocycles. The molecular weight excluding hydrogens is 264 g/mol. The van der Waals surface area contributed by atoms with Crippen LogP contribution in [0.4, 0.5) is 11.6 Å². The summed E-state index contributed by atoms with van der Waals surface area (Å²) in [5, 5.41) is 3.31. The van der Waals surface area contributed by atoms with E-state index in [0.717, 1.165) is 17.8 Å². The lowest BCUT2D eigenvalue weighted by Gasteiger charge is -2.24. The Hall–Kier alpha value is -1.37. The fourth-order valence-electron chi connectivity index (χ4n) is 2.11. The van der Waals surface area contributed by atoms with Crippen LogP contribution in [0.15, 0.2) is 0 Å². The van der Waals surface area contributed by atoms with Crippen LogP contribution in [0, 0.1) is 6.92 Å². The number of aryl methyl sites for hydroxylation is 1. The van der Waals surface area contributed by atoms with Gasteiger partial charge in [0.15, 0.2) is 0 Å². The zero-order valence-corrected chi connectivity index (χ0v) is 12.1. The SMILES string of the molecule is CCc1nc(N)c(C)c(NC2CCS(=O)(=O)CC2)n1. The van der Waals surface area contributed by atoms with E-state index in [-0.39, 0.29) is 17.5 Å². The predicted molar refractivity (Wildman–Crippen MR) is 75.9 cm³/mol. The number of nitrogen functional groups attached to an aromatic ring is 1.